The number of ether oxygens (including phenoxy) is 1. The Bertz CT molecular complexity index is 295. The maximum Gasteiger partial charge on any atom is 0.0465 e. The molecule has 0 aliphatic heterocycles. The molecule has 1 aromatic rings. The van der Waals surface area contributed by atoms with Crippen molar-refractivity contribution in [2.75, 3.05) is 26.0 Å². The Balaban J connectivity index is 2.74. The molecular weight excluding hydrogens is 215 g/mol. The standard InChI is InChI=1S/C14H23OP/c1-4-16(5-2)14-11-7-6-9-13(14)10-8-12-15-3/h6-7,9,11H,4-5,8,10,12H2,1-3H3. The van der Waals surface area contributed by atoms with Gasteiger partial charge in [-0.2, -0.15) is 0 Å². The second kappa shape index (κ2) is 7.81. The normalized spacial score (nSPS) is 11.0. The van der Waals surface area contributed by atoms with Crippen LogP contribution in [0.5, 0.6) is 0 Å². The fourth-order valence-electron chi connectivity index (χ4n) is 2.00. The van der Waals surface area contributed by atoms with Gasteiger partial charge in [-0.1, -0.05) is 46.0 Å². The first-order valence-corrected chi connectivity index (χ1v) is 7.86. The number of aryl methyl sites for hydroxylation is 1. The molecule has 0 unspecified atom stereocenters. The van der Waals surface area contributed by atoms with Crippen molar-refractivity contribution in [1.29, 1.82) is 0 Å². The van der Waals surface area contributed by atoms with Gasteiger partial charge in [-0.15, -0.1) is 0 Å². The lowest BCUT2D eigenvalue weighted by Gasteiger charge is -2.18. The van der Waals surface area contributed by atoms with E-state index in [4.69, 9.17) is 4.74 Å². The number of hydrogen-bond acceptors (Lipinski definition) is 1. The average molecular weight is 238 g/mol. The molecule has 0 heterocycles. The Kier molecular flexibility index (Phi) is 6.68. The Labute approximate surface area is 101 Å². The zero-order valence-corrected chi connectivity index (χ0v) is 11.6. The SMILES string of the molecule is CCP(CC)c1ccccc1CCCOC. The fourth-order valence-corrected chi connectivity index (χ4v) is 4.02. The Hall–Kier alpha value is -0.390. The van der Waals surface area contributed by atoms with Crippen LogP contribution in [0.15, 0.2) is 24.3 Å². The van der Waals surface area contributed by atoms with Crippen molar-refractivity contribution in [2.45, 2.75) is 26.7 Å². The maximum absolute atomic E-state index is 5.12. The van der Waals surface area contributed by atoms with Crippen LogP contribution in [-0.2, 0) is 11.2 Å². The molecule has 0 amide bonds. The first-order chi connectivity index (χ1) is 7.83. The zero-order valence-electron chi connectivity index (χ0n) is 10.7. The van der Waals surface area contributed by atoms with Crippen LogP contribution >= 0.6 is 7.92 Å². The first-order valence-electron chi connectivity index (χ1n) is 6.15. The highest BCUT2D eigenvalue weighted by molar-refractivity contribution is 7.65. The van der Waals surface area contributed by atoms with Crippen LogP contribution < -0.4 is 5.30 Å². The lowest BCUT2D eigenvalue weighted by molar-refractivity contribution is 0.195. The van der Waals surface area contributed by atoms with Crippen molar-refractivity contribution in [3.8, 4) is 0 Å². The minimum Gasteiger partial charge on any atom is -0.385 e. The molecule has 2 heteroatoms. The summed E-state index contributed by atoms with van der Waals surface area (Å²) in [6.07, 6.45) is 4.88. The fraction of sp³-hybridized carbons (Fsp3) is 0.571. The van der Waals surface area contributed by atoms with Crippen molar-refractivity contribution in [3.05, 3.63) is 29.8 Å². The molecule has 0 saturated carbocycles. The third-order valence-electron chi connectivity index (χ3n) is 2.89. The van der Waals surface area contributed by atoms with Gasteiger partial charge in [0.15, 0.2) is 0 Å². The Morgan fingerprint density at radius 1 is 1.12 bits per heavy atom. The van der Waals surface area contributed by atoms with Crippen LogP contribution in [0.25, 0.3) is 0 Å². The zero-order chi connectivity index (χ0) is 11.8. The molecule has 1 aromatic carbocycles. The largest absolute Gasteiger partial charge is 0.385 e. The van der Waals surface area contributed by atoms with Crippen molar-refractivity contribution >= 4 is 13.2 Å². The summed E-state index contributed by atoms with van der Waals surface area (Å²) < 4.78 is 5.12. The van der Waals surface area contributed by atoms with Gasteiger partial charge in [0.2, 0.25) is 0 Å². The number of methoxy groups -OCH3 is 1. The Morgan fingerprint density at radius 2 is 1.81 bits per heavy atom. The highest BCUT2D eigenvalue weighted by Crippen LogP contribution is 2.34. The highest BCUT2D eigenvalue weighted by atomic mass is 31.1. The maximum atomic E-state index is 5.12. The monoisotopic (exact) mass is 238 g/mol. The summed E-state index contributed by atoms with van der Waals surface area (Å²) in [7, 11) is 1.84. The van der Waals surface area contributed by atoms with Crippen LogP contribution in [0.3, 0.4) is 0 Å². The van der Waals surface area contributed by atoms with Gasteiger partial charge >= 0.3 is 0 Å². The lowest BCUT2D eigenvalue weighted by atomic mass is 10.1. The number of hydrogen-bond donors (Lipinski definition) is 0. The summed E-state index contributed by atoms with van der Waals surface area (Å²) in [5.41, 5.74) is 1.54. The minimum absolute atomic E-state index is 0.0662. The molecule has 0 aliphatic carbocycles. The van der Waals surface area contributed by atoms with E-state index in [0.717, 1.165) is 19.4 Å². The van der Waals surface area contributed by atoms with Crippen molar-refractivity contribution in [1.82, 2.24) is 0 Å². The molecule has 1 rings (SSSR count). The van der Waals surface area contributed by atoms with E-state index in [1.165, 1.54) is 17.9 Å². The number of rotatable bonds is 7. The highest BCUT2D eigenvalue weighted by Gasteiger charge is 2.10. The molecule has 1 nitrogen and oxygen atoms in total. The van der Waals surface area contributed by atoms with Gasteiger partial charge in [-0.05, 0) is 36.0 Å². The predicted octanol–water partition coefficient (Wildman–Crippen LogP) is 3.41. The van der Waals surface area contributed by atoms with E-state index in [0.29, 0.717) is 0 Å². The lowest BCUT2D eigenvalue weighted by Crippen LogP contribution is -2.11. The molecule has 0 aromatic heterocycles. The van der Waals surface area contributed by atoms with E-state index in [-0.39, 0.29) is 7.92 Å². The summed E-state index contributed by atoms with van der Waals surface area (Å²) in [5, 5.41) is 1.61. The Morgan fingerprint density at radius 3 is 2.44 bits per heavy atom. The van der Waals surface area contributed by atoms with Crippen molar-refractivity contribution in [3.63, 3.8) is 0 Å². The van der Waals surface area contributed by atoms with Gasteiger partial charge < -0.3 is 4.74 Å². The third kappa shape index (κ3) is 3.88. The molecule has 90 valence electrons. The van der Waals surface area contributed by atoms with E-state index in [1.807, 2.05) is 0 Å². The molecule has 16 heavy (non-hydrogen) atoms. The summed E-state index contributed by atoms with van der Waals surface area (Å²) in [4.78, 5) is 0. The van der Waals surface area contributed by atoms with Crippen LogP contribution in [0.2, 0.25) is 0 Å². The minimum atomic E-state index is 0.0662. The van der Waals surface area contributed by atoms with E-state index >= 15 is 0 Å². The smallest absolute Gasteiger partial charge is 0.0465 e. The van der Waals surface area contributed by atoms with Gasteiger partial charge in [-0.3, -0.25) is 0 Å². The molecule has 0 spiro atoms. The molecule has 0 radical (unpaired) electrons. The van der Waals surface area contributed by atoms with Crippen molar-refractivity contribution in [2.24, 2.45) is 0 Å². The first kappa shape index (κ1) is 13.7. The molecule has 0 atom stereocenters. The molecule has 0 saturated heterocycles. The summed E-state index contributed by atoms with van der Waals surface area (Å²) >= 11 is 0. The van der Waals surface area contributed by atoms with Gasteiger partial charge in [0, 0.05) is 13.7 Å². The van der Waals surface area contributed by atoms with E-state index in [9.17, 15) is 0 Å². The van der Waals surface area contributed by atoms with Gasteiger partial charge in [0.25, 0.3) is 0 Å². The van der Waals surface area contributed by atoms with Gasteiger partial charge in [0.1, 0.15) is 0 Å². The van der Waals surface area contributed by atoms with E-state index < -0.39 is 0 Å². The van der Waals surface area contributed by atoms with E-state index in [1.54, 1.807) is 12.4 Å². The summed E-state index contributed by atoms with van der Waals surface area (Å²) in [5.74, 6) is 0. The molecule has 0 bridgehead atoms. The summed E-state index contributed by atoms with van der Waals surface area (Å²) in [6.45, 7) is 5.48. The predicted molar refractivity (Wildman–Crippen MR) is 74.3 cm³/mol. The summed E-state index contributed by atoms with van der Waals surface area (Å²) in [6, 6.07) is 8.94. The van der Waals surface area contributed by atoms with Gasteiger partial charge in [-0.25, -0.2) is 0 Å². The quantitative estimate of drug-likeness (QED) is 0.522. The second-order valence-electron chi connectivity index (χ2n) is 3.90. The third-order valence-corrected chi connectivity index (χ3v) is 5.53. The van der Waals surface area contributed by atoms with Crippen LogP contribution in [0, 0.1) is 0 Å². The second-order valence-corrected chi connectivity index (χ2v) is 6.72. The van der Waals surface area contributed by atoms with Crippen LogP contribution in [0.1, 0.15) is 25.8 Å². The van der Waals surface area contributed by atoms with E-state index in [2.05, 4.69) is 38.1 Å². The molecule has 0 N–H and O–H groups in total. The average Bonchev–Trinajstić information content (AvgIpc) is 2.33. The molecular formula is C14H23OP. The van der Waals surface area contributed by atoms with Crippen molar-refractivity contribution < 1.29 is 4.74 Å². The van der Waals surface area contributed by atoms with Crippen LogP contribution in [0.4, 0.5) is 0 Å². The molecule has 0 fully saturated rings. The molecule has 0 aliphatic rings. The topological polar surface area (TPSA) is 9.23 Å². The van der Waals surface area contributed by atoms with Gasteiger partial charge in [0.05, 0.1) is 0 Å². The van der Waals surface area contributed by atoms with Crippen LogP contribution in [-0.4, -0.2) is 26.0 Å². The number of benzene rings is 1.